The lowest BCUT2D eigenvalue weighted by atomic mass is 9.60. The molecule has 0 aromatic carbocycles. The van der Waals surface area contributed by atoms with Crippen molar-refractivity contribution < 1.29 is 25.5 Å². The SMILES string of the molecule is C=C1/C(=C\C=C2/CCC[C@]3(C)[C@@H]([C@H](C)CCCC(C)C)CC[C@@H]23)C[C@@H](O)C[C@@H]1O.C=C1CC[C@H](O)C/C1=C/C=C1\CCC[C@]2(C)[C@@H]([C@H](C)/C=C/[C@H](C)C(C)C)CC[C@@H]12.C=C1CC[C@H](O)C/C1=C/C=C1\CCC[C@]2(C)[C@@H]([C@H](C)CCCC(C)C)CC[C@@H]12.CC(C)[C@@H](C)/C=C/[C@@H](C)[C@H]1CC[C@H]2/C(=C/C=C3\C[C@@H](O)CC[C@@H]3C)CCC[C@]12C. The summed E-state index contributed by atoms with van der Waals surface area (Å²) >= 11 is 0. The highest BCUT2D eigenvalue weighted by molar-refractivity contribution is 5.40. The molecule has 12 rings (SSSR count). The molecule has 0 aromatic heterocycles. The fraction of sp³-hybridized carbons (Fsp3) is 0.764. The third-order valence-corrected chi connectivity index (χ3v) is 34.4. The van der Waals surface area contributed by atoms with Gasteiger partial charge in [-0.15, -0.1) is 0 Å². The molecular weight excluding hydrogens is 1400 g/mol. The van der Waals surface area contributed by atoms with Crippen molar-refractivity contribution in [1.29, 1.82) is 0 Å². The van der Waals surface area contributed by atoms with Gasteiger partial charge in [-0.1, -0.05) is 302 Å². The van der Waals surface area contributed by atoms with Crippen LogP contribution in [0.4, 0.5) is 0 Å². The van der Waals surface area contributed by atoms with E-state index >= 15 is 0 Å². The lowest BCUT2D eigenvalue weighted by Gasteiger charge is -2.44. The summed E-state index contributed by atoms with van der Waals surface area (Å²) in [5, 5.41) is 50.3. The van der Waals surface area contributed by atoms with Crippen LogP contribution in [0.2, 0.25) is 0 Å². The Morgan fingerprint density at radius 2 is 0.678 bits per heavy atom. The molecule has 115 heavy (non-hydrogen) atoms. The first-order valence-corrected chi connectivity index (χ1v) is 48.9. The highest BCUT2D eigenvalue weighted by Crippen LogP contribution is 2.64. The quantitative estimate of drug-likeness (QED) is 0.0696. The van der Waals surface area contributed by atoms with E-state index in [2.05, 4.69) is 224 Å². The minimum atomic E-state index is -0.595. The number of hydrogen-bond donors (Lipinski definition) is 5. The Hall–Kier alpha value is -3.58. The molecule has 12 fully saturated rings. The number of fused-ring (bicyclic) bond motifs is 4. The molecule has 12 aliphatic carbocycles. The Kier molecular flexibility index (Phi) is 36.0. The molecule has 0 bridgehead atoms. The van der Waals surface area contributed by atoms with Crippen LogP contribution in [0.5, 0.6) is 0 Å². The normalized spacial score (nSPS) is 39.0. The van der Waals surface area contributed by atoms with Gasteiger partial charge in [0.2, 0.25) is 0 Å². The monoisotopic (exact) mass is 1580 g/mol. The van der Waals surface area contributed by atoms with Crippen LogP contribution in [0.1, 0.15) is 369 Å². The molecule has 12 aliphatic rings. The Balaban J connectivity index is 0.000000175. The van der Waals surface area contributed by atoms with Gasteiger partial charge in [-0.3, -0.25) is 0 Å². The summed E-state index contributed by atoms with van der Waals surface area (Å²) in [5.74, 6) is 14.4. The molecule has 5 N–H and O–H groups in total. The van der Waals surface area contributed by atoms with Gasteiger partial charge in [0.1, 0.15) is 0 Å². The highest BCUT2D eigenvalue weighted by Gasteiger charge is 2.54. The van der Waals surface area contributed by atoms with Crippen LogP contribution in [0.25, 0.3) is 0 Å². The van der Waals surface area contributed by atoms with Crippen molar-refractivity contribution in [3.8, 4) is 0 Å². The Labute approximate surface area is 708 Å². The third kappa shape index (κ3) is 24.7. The summed E-state index contributed by atoms with van der Waals surface area (Å²) in [6.45, 7) is 58.6. The summed E-state index contributed by atoms with van der Waals surface area (Å²) in [6.07, 6.45) is 71.7. The summed E-state index contributed by atoms with van der Waals surface area (Å²) in [6, 6.07) is 0. The van der Waals surface area contributed by atoms with Gasteiger partial charge in [-0.05, 0) is 349 Å². The number of hydrogen-bond acceptors (Lipinski definition) is 5. The molecule has 5 nitrogen and oxygen atoms in total. The molecule has 5 heteroatoms. The zero-order valence-electron chi connectivity index (χ0n) is 77.8. The van der Waals surface area contributed by atoms with Gasteiger partial charge in [0.05, 0.1) is 30.5 Å². The minimum absolute atomic E-state index is 0.121. The average molecular weight is 1580 g/mol. The molecule has 0 amide bonds. The van der Waals surface area contributed by atoms with E-state index in [1.807, 2.05) is 0 Å². The topological polar surface area (TPSA) is 101 Å². The van der Waals surface area contributed by atoms with Gasteiger partial charge < -0.3 is 25.5 Å². The molecule has 0 heterocycles. The van der Waals surface area contributed by atoms with Gasteiger partial charge in [0.25, 0.3) is 0 Å². The van der Waals surface area contributed by atoms with Gasteiger partial charge >= 0.3 is 0 Å². The standard InChI is InChI=1S/C28H46O.C28H44O.C27H44O2.C27H44O/c2*1-19(2)20(3)9-10-22(5)26-15-16-27-23(8-7-17-28(26,27)6)12-13-24-18-25(29)14-11-21(24)4;1-18(2)8-6-9-19(3)24-13-14-25-21(10-7-15-27(24,25)5)11-12-22-16-23(28)17-26(29)20(22)4;1-19(2)8-6-9-21(4)25-15-16-26-22(10-7-17-27(25,26)5)12-13-23-18-24(28)14-11-20(23)3/h9-10,12-13,19-22,25-27,29H,7-8,11,14-18H2,1-6H3;9-10,12-13,19-20,22,25-27,29H,4,7-8,11,14-18H2,1-3,5-6H3;11-12,18-19,23-26,28-29H,4,6-10,13-17H2,1-3,5H3;12-13,19,21,24-26,28H,3,6-11,14-18H2,1-2,4-5H3/b10-9+,23-12+,24-13+;10-9+,23-12+,24-13-;21-11+,22-12-;22-12+,23-13-/t20-,21-,22+,25-,26+,27-,28+;20-,22+,25-,26+,27-,28+;19-,23-,24-,25+,26+,27-;21-,24+,25-,26+,27-/m0011/s1. The van der Waals surface area contributed by atoms with Crippen molar-refractivity contribution in [2.75, 3.05) is 0 Å². The zero-order chi connectivity index (χ0) is 83.9. The summed E-state index contributed by atoms with van der Waals surface area (Å²) < 4.78 is 0. The molecule has 12 saturated carbocycles. The zero-order valence-corrected chi connectivity index (χ0v) is 77.8. The van der Waals surface area contributed by atoms with Crippen molar-refractivity contribution in [3.63, 3.8) is 0 Å². The second-order valence-electron chi connectivity index (χ2n) is 43.9. The Morgan fingerprint density at radius 3 is 1.05 bits per heavy atom. The maximum absolute atomic E-state index is 10.1. The predicted molar refractivity (Wildman–Crippen MR) is 495 cm³/mol. The van der Waals surface area contributed by atoms with Crippen molar-refractivity contribution in [1.82, 2.24) is 0 Å². The van der Waals surface area contributed by atoms with Crippen molar-refractivity contribution in [2.24, 2.45) is 134 Å². The van der Waals surface area contributed by atoms with E-state index in [1.54, 1.807) is 22.3 Å². The van der Waals surface area contributed by atoms with Crippen LogP contribution < -0.4 is 0 Å². The molecule has 0 aliphatic heterocycles. The van der Waals surface area contributed by atoms with E-state index in [0.29, 0.717) is 70.0 Å². The van der Waals surface area contributed by atoms with Gasteiger partial charge in [-0.2, -0.15) is 0 Å². The largest absolute Gasteiger partial charge is 0.393 e. The summed E-state index contributed by atoms with van der Waals surface area (Å²) in [7, 11) is 0. The molecule has 0 spiro atoms. The van der Waals surface area contributed by atoms with Crippen LogP contribution in [-0.2, 0) is 0 Å². The minimum Gasteiger partial charge on any atom is -0.393 e. The van der Waals surface area contributed by atoms with Crippen LogP contribution in [-0.4, -0.2) is 56.1 Å². The number of rotatable bonds is 22. The fourth-order valence-corrected chi connectivity index (χ4v) is 26.1. The molecule has 0 unspecified atom stereocenters. The van der Waals surface area contributed by atoms with E-state index in [-0.39, 0.29) is 18.3 Å². The first kappa shape index (κ1) is 95.3. The predicted octanol–water partition coefficient (Wildman–Crippen LogP) is 29.6. The van der Waals surface area contributed by atoms with Crippen LogP contribution in [0, 0.1) is 134 Å². The second kappa shape index (κ2) is 43.5. The number of aliphatic hydroxyl groups excluding tert-OH is 5. The Morgan fingerprint density at radius 1 is 0.348 bits per heavy atom. The summed E-state index contributed by atoms with van der Waals surface area (Å²) in [4.78, 5) is 0. The second-order valence-corrected chi connectivity index (χ2v) is 43.9. The third-order valence-electron chi connectivity index (χ3n) is 34.4. The fourth-order valence-electron chi connectivity index (χ4n) is 26.1. The lowest BCUT2D eigenvalue weighted by molar-refractivity contribution is 0.0861. The molecule has 0 radical (unpaired) electrons. The summed E-state index contributed by atoms with van der Waals surface area (Å²) in [5.41, 5.74) is 16.8. The Bertz CT molecular complexity index is 3470. The van der Waals surface area contributed by atoms with E-state index in [9.17, 15) is 25.5 Å². The number of aliphatic hydroxyl groups is 5. The highest BCUT2D eigenvalue weighted by atomic mass is 16.3. The molecule has 0 saturated heterocycles. The van der Waals surface area contributed by atoms with Crippen LogP contribution in [0.15, 0.2) is 154 Å². The van der Waals surface area contributed by atoms with Crippen LogP contribution in [0.3, 0.4) is 0 Å². The van der Waals surface area contributed by atoms with Gasteiger partial charge in [0, 0.05) is 6.42 Å². The van der Waals surface area contributed by atoms with Gasteiger partial charge in [0.15, 0.2) is 0 Å². The molecule has 0 aromatic rings. The van der Waals surface area contributed by atoms with Gasteiger partial charge in [-0.25, -0.2) is 0 Å². The molecule has 648 valence electrons. The smallest absolute Gasteiger partial charge is 0.0811 e. The maximum atomic E-state index is 10.1. The van der Waals surface area contributed by atoms with E-state index in [4.69, 9.17) is 0 Å². The first-order valence-electron chi connectivity index (χ1n) is 48.9. The average Bonchev–Trinajstić information content (AvgIpc) is 1.66. The van der Waals surface area contributed by atoms with E-state index in [0.717, 1.165) is 146 Å². The van der Waals surface area contributed by atoms with Crippen molar-refractivity contribution >= 4 is 0 Å². The van der Waals surface area contributed by atoms with Crippen molar-refractivity contribution in [3.05, 3.63) is 154 Å². The van der Waals surface area contributed by atoms with E-state index in [1.165, 1.54) is 195 Å². The lowest BCUT2D eigenvalue weighted by Crippen LogP contribution is -2.36. The van der Waals surface area contributed by atoms with Crippen molar-refractivity contribution in [2.45, 2.75) is 400 Å². The van der Waals surface area contributed by atoms with E-state index < -0.39 is 12.2 Å². The molecular formula is C110H178O5. The number of allylic oxidation sites excluding steroid dienone is 18. The first-order chi connectivity index (χ1) is 54.5. The molecule has 24 atom stereocenters. The van der Waals surface area contributed by atoms with Crippen LogP contribution >= 0.6 is 0 Å². The maximum Gasteiger partial charge on any atom is 0.0811 e.